The molecule has 0 aliphatic rings. The van der Waals surface area contributed by atoms with Crippen molar-refractivity contribution in [1.29, 1.82) is 0 Å². The third-order valence-corrected chi connectivity index (χ3v) is 1.32. The minimum Gasteiger partial charge on any atom is -0.382 e. The summed E-state index contributed by atoms with van der Waals surface area (Å²) in [4.78, 5) is 13.3. The first-order chi connectivity index (χ1) is 5.74. The summed E-state index contributed by atoms with van der Waals surface area (Å²) in [6.07, 6.45) is 1.45. The van der Waals surface area contributed by atoms with E-state index in [2.05, 4.69) is 10.3 Å². The van der Waals surface area contributed by atoms with Gasteiger partial charge < -0.3 is 15.4 Å². The van der Waals surface area contributed by atoms with E-state index in [-0.39, 0.29) is 5.82 Å². The first-order valence-electron chi connectivity index (χ1n) is 3.58. The van der Waals surface area contributed by atoms with Crippen LogP contribution in [-0.4, -0.2) is 16.5 Å². The van der Waals surface area contributed by atoms with Crippen LogP contribution < -0.4 is 5.32 Å². The second-order valence-corrected chi connectivity index (χ2v) is 2.19. The highest BCUT2D eigenvalue weighted by molar-refractivity contribution is 5.43. The van der Waals surface area contributed by atoms with Crippen molar-refractivity contribution in [3.05, 3.63) is 28.4 Å². The van der Waals surface area contributed by atoms with E-state index in [1.54, 1.807) is 6.07 Å². The highest BCUT2D eigenvalue weighted by Gasteiger charge is 2.04. The van der Waals surface area contributed by atoms with Gasteiger partial charge in [-0.3, -0.25) is 0 Å². The maximum Gasteiger partial charge on any atom is 0.363 e. The molecule has 0 saturated carbocycles. The summed E-state index contributed by atoms with van der Waals surface area (Å²) in [6.45, 7) is 2.72. The third-order valence-electron chi connectivity index (χ3n) is 1.32. The van der Waals surface area contributed by atoms with Crippen LogP contribution in [0.3, 0.4) is 0 Å². The van der Waals surface area contributed by atoms with Crippen molar-refractivity contribution >= 4 is 11.5 Å². The highest BCUT2D eigenvalue weighted by atomic mass is 16.6. The summed E-state index contributed by atoms with van der Waals surface area (Å²) in [7, 11) is 0. The summed E-state index contributed by atoms with van der Waals surface area (Å²) in [6, 6.07) is 3.01. The second kappa shape index (κ2) is 3.66. The molecule has 0 bridgehead atoms. The number of nitro groups is 1. The standard InChI is InChI=1S/C7H9N3O2/c1-2-8-6-3-4-7(9-5-6)10(11)12/h3-5,8H,2H2,1H3. The maximum atomic E-state index is 10.2. The molecule has 64 valence electrons. The first kappa shape index (κ1) is 8.45. The molecule has 1 rings (SSSR count). The number of hydrogen-bond acceptors (Lipinski definition) is 4. The van der Waals surface area contributed by atoms with Crippen LogP contribution in [0.1, 0.15) is 6.92 Å². The molecule has 0 unspecified atom stereocenters. The number of hydrogen-bond donors (Lipinski definition) is 1. The molecule has 0 spiro atoms. The fourth-order valence-electron chi connectivity index (χ4n) is 0.803. The van der Waals surface area contributed by atoms with E-state index in [1.165, 1.54) is 12.3 Å². The Hall–Kier alpha value is -1.65. The van der Waals surface area contributed by atoms with Gasteiger partial charge in [0, 0.05) is 12.6 Å². The van der Waals surface area contributed by atoms with Crippen LogP contribution in [0.2, 0.25) is 0 Å². The maximum absolute atomic E-state index is 10.2. The summed E-state index contributed by atoms with van der Waals surface area (Å²) in [5.41, 5.74) is 0.795. The molecular formula is C7H9N3O2. The minimum atomic E-state index is -0.518. The van der Waals surface area contributed by atoms with Crippen LogP contribution in [-0.2, 0) is 0 Å². The van der Waals surface area contributed by atoms with Crippen molar-refractivity contribution in [2.45, 2.75) is 6.92 Å². The fourth-order valence-corrected chi connectivity index (χ4v) is 0.803. The highest BCUT2D eigenvalue weighted by Crippen LogP contribution is 2.10. The van der Waals surface area contributed by atoms with E-state index < -0.39 is 4.92 Å². The van der Waals surface area contributed by atoms with Crippen molar-refractivity contribution < 1.29 is 4.92 Å². The van der Waals surface area contributed by atoms with Gasteiger partial charge in [0.15, 0.2) is 6.20 Å². The monoisotopic (exact) mass is 167 g/mol. The average Bonchev–Trinajstić information content (AvgIpc) is 2.06. The van der Waals surface area contributed by atoms with Gasteiger partial charge in [0.05, 0.1) is 5.69 Å². The van der Waals surface area contributed by atoms with Crippen molar-refractivity contribution in [3.63, 3.8) is 0 Å². The zero-order chi connectivity index (χ0) is 8.97. The zero-order valence-electron chi connectivity index (χ0n) is 6.65. The predicted molar refractivity (Wildman–Crippen MR) is 45.1 cm³/mol. The van der Waals surface area contributed by atoms with Gasteiger partial charge in [-0.2, -0.15) is 0 Å². The van der Waals surface area contributed by atoms with Gasteiger partial charge in [0.2, 0.25) is 0 Å². The zero-order valence-corrected chi connectivity index (χ0v) is 6.65. The summed E-state index contributed by atoms with van der Waals surface area (Å²) >= 11 is 0. The van der Waals surface area contributed by atoms with Crippen LogP contribution in [0.25, 0.3) is 0 Å². The Morgan fingerprint density at radius 3 is 2.83 bits per heavy atom. The van der Waals surface area contributed by atoms with E-state index in [0.717, 1.165) is 12.2 Å². The van der Waals surface area contributed by atoms with Gasteiger partial charge in [-0.1, -0.05) is 0 Å². The third kappa shape index (κ3) is 1.91. The van der Waals surface area contributed by atoms with E-state index in [4.69, 9.17) is 0 Å². The molecule has 5 heteroatoms. The lowest BCUT2D eigenvalue weighted by atomic mass is 10.4. The molecule has 5 nitrogen and oxygen atoms in total. The number of pyridine rings is 1. The van der Waals surface area contributed by atoms with E-state index in [9.17, 15) is 10.1 Å². The molecule has 1 heterocycles. The van der Waals surface area contributed by atoms with Crippen LogP contribution in [0.4, 0.5) is 11.5 Å². The molecule has 1 N–H and O–H groups in total. The number of nitrogens with one attached hydrogen (secondary N) is 1. The quantitative estimate of drug-likeness (QED) is 0.546. The summed E-state index contributed by atoms with van der Waals surface area (Å²) in [5, 5.41) is 13.2. The summed E-state index contributed by atoms with van der Waals surface area (Å²) in [5.74, 6) is -0.128. The van der Waals surface area contributed by atoms with Crippen LogP contribution in [0.5, 0.6) is 0 Å². The normalized spacial score (nSPS) is 9.42. The van der Waals surface area contributed by atoms with Gasteiger partial charge in [-0.15, -0.1) is 0 Å². The smallest absolute Gasteiger partial charge is 0.363 e. The Kier molecular flexibility index (Phi) is 2.57. The van der Waals surface area contributed by atoms with Gasteiger partial charge in [0.25, 0.3) is 0 Å². The van der Waals surface area contributed by atoms with Gasteiger partial charge in [-0.25, -0.2) is 0 Å². The molecule has 0 atom stereocenters. The van der Waals surface area contributed by atoms with E-state index >= 15 is 0 Å². The van der Waals surface area contributed by atoms with Gasteiger partial charge in [-0.05, 0) is 22.9 Å². The largest absolute Gasteiger partial charge is 0.382 e. The van der Waals surface area contributed by atoms with Crippen molar-refractivity contribution in [2.24, 2.45) is 0 Å². The molecule has 0 aromatic carbocycles. The molecule has 0 fully saturated rings. The fraction of sp³-hybridized carbons (Fsp3) is 0.286. The van der Waals surface area contributed by atoms with Crippen molar-refractivity contribution in [3.8, 4) is 0 Å². The molecule has 0 radical (unpaired) electrons. The predicted octanol–water partition coefficient (Wildman–Crippen LogP) is 1.42. The van der Waals surface area contributed by atoms with Gasteiger partial charge >= 0.3 is 5.82 Å². The molecule has 0 aliphatic carbocycles. The molecule has 0 saturated heterocycles. The minimum absolute atomic E-state index is 0.128. The average molecular weight is 167 g/mol. The van der Waals surface area contributed by atoms with Crippen LogP contribution in [0.15, 0.2) is 18.3 Å². The Bertz CT molecular complexity index is 270. The molecule has 0 aliphatic heterocycles. The molecule has 0 amide bonds. The second-order valence-electron chi connectivity index (χ2n) is 2.19. The lowest BCUT2D eigenvalue weighted by molar-refractivity contribution is -0.389. The van der Waals surface area contributed by atoms with Crippen LogP contribution >= 0.6 is 0 Å². The number of rotatable bonds is 3. The molecule has 12 heavy (non-hydrogen) atoms. The Morgan fingerprint density at radius 2 is 2.42 bits per heavy atom. The molecule has 1 aromatic heterocycles. The van der Waals surface area contributed by atoms with Crippen molar-refractivity contribution in [1.82, 2.24) is 4.98 Å². The number of anilines is 1. The number of aromatic nitrogens is 1. The molecular weight excluding hydrogens is 158 g/mol. The lowest BCUT2D eigenvalue weighted by Crippen LogP contribution is -1.98. The first-order valence-corrected chi connectivity index (χ1v) is 3.58. The van der Waals surface area contributed by atoms with Crippen LogP contribution in [0, 0.1) is 10.1 Å². The Labute approximate surface area is 69.6 Å². The SMILES string of the molecule is CCNc1ccc([N+](=O)[O-])nc1. The Morgan fingerprint density at radius 1 is 1.67 bits per heavy atom. The Balaban J connectivity index is 2.78. The van der Waals surface area contributed by atoms with E-state index in [1.807, 2.05) is 6.92 Å². The van der Waals surface area contributed by atoms with Gasteiger partial charge in [0.1, 0.15) is 0 Å². The summed E-state index contributed by atoms with van der Waals surface area (Å²) < 4.78 is 0. The van der Waals surface area contributed by atoms with E-state index in [0.29, 0.717) is 0 Å². The molecule has 1 aromatic rings. The topological polar surface area (TPSA) is 68.1 Å². The number of nitrogens with zero attached hydrogens (tertiary/aromatic N) is 2. The van der Waals surface area contributed by atoms with Crippen molar-refractivity contribution in [2.75, 3.05) is 11.9 Å². The lowest BCUT2D eigenvalue weighted by Gasteiger charge is -1.98.